The van der Waals surface area contributed by atoms with Crippen LogP contribution in [0.1, 0.15) is 39.3 Å². The molecule has 1 unspecified atom stereocenters. The van der Waals surface area contributed by atoms with Gasteiger partial charge < -0.3 is 9.30 Å². The lowest BCUT2D eigenvalue weighted by Gasteiger charge is -2.15. The van der Waals surface area contributed by atoms with E-state index in [9.17, 15) is 4.79 Å². The smallest absolute Gasteiger partial charge is 0.328 e. The van der Waals surface area contributed by atoms with Crippen molar-refractivity contribution in [3.8, 4) is 0 Å². The maximum absolute atomic E-state index is 12.1. The lowest BCUT2D eigenvalue weighted by Crippen LogP contribution is -2.20. The van der Waals surface area contributed by atoms with Crippen molar-refractivity contribution in [1.29, 1.82) is 0 Å². The van der Waals surface area contributed by atoms with Gasteiger partial charge in [0.15, 0.2) is 0 Å². The summed E-state index contributed by atoms with van der Waals surface area (Å²) in [6.45, 7) is 8.58. The Bertz CT molecular complexity index is 598. The van der Waals surface area contributed by atoms with Crippen molar-refractivity contribution in [1.82, 2.24) is 4.57 Å². The van der Waals surface area contributed by atoms with Gasteiger partial charge in [0.25, 0.3) is 0 Å². The van der Waals surface area contributed by atoms with Crippen LogP contribution in [0.5, 0.6) is 0 Å². The highest BCUT2D eigenvalue weighted by molar-refractivity contribution is 5.84. The van der Waals surface area contributed by atoms with Crippen LogP contribution in [-0.4, -0.2) is 17.1 Å². The van der Waals surface area contributed by atoms with Gasteiger partial charge in [0.05, 0.1) is 6.61 Å². The molecule has 0 spiro atoms. The van der Waals surface area contributed by atoms with Crippen molar-refractivity contribution < 1.29 is 9.53 Å². The van der Waals surface area contributed by atoms with E-state index < -0.39 is 0 Å². The normalized spacial score (nSPS) is 12.8. The summed E-state index contributed by atoms with van der Waals surface area (Å²) in [6.07, 6.45) is 2.98. The van der Waals surface area contributed by atoms with Gasteiger partial charge in [-0.05, 0) is 48.4 Å². The summed E-state index contributed by atoms with van der Waals surface area (Å²) >= 11 is 0. The third-order valence-corrected chi connectivity index (χ3v) is 3.51. The molecule has 1 aromatic carbocycles. The summed E-state index contributed by atoms with van der Waals surface area (Å²) in [5.74, 6) is 0.190. The van der Waals surface area contributed by atoms with Gasteiger partial charge in [-0.25, -0.2) is 4.79 Å². The van der Waals surface area contributed by atoms with E-state index in [1.807, 2.05) is 31.5 Å². The monoisotopic (exact) mass is 273 g/mol. The number of benzene rings is 1. The Labute approximate surface area is 120 Å². The Balaban J connectivity index is 2.22. The molecule has 20 heavy (non-hydrogen) atoms. The third kappa shape index (κ3) is 3.03. The number of nitrogens with zero attached hydrogens (tertiary/aromatic N) is 1. The highest BCUT2D eigenvalue weighted by Crippen LogP contribution is 2.22. The zero-order chi connectivity index (χ0) is 14.7. The molecule has 0 amide bonds. The maximum atomic E-state index is 12.1. The van der Waals surface area contributed by atoms with E-state index in [4.69, 9.17) is 4.74 Å². The maximum Gasteiger partial charge on any atom is 0.328 e. The number of ether oxygens (including phenoxy) is 1. The number of aromatic nitrogens is 1. The Kier molecular flexibility index (Phi) is 4.48. The first-order valence-electron chi connectivity index (χ1n) is 7.29. The zero-order valence-electron chi connectivity index (χ0n) is 12.7. The van der Waals surface area contributed by atoms with Crippen LogP contribution in [0.15, 0.2) is 30.5 Å². The average Bonchev–Trinajstić information content (AvgIpc) is 2.86. The lowest BCUT2D eigenvalue weighted by atomic mass is 10.1. The molecule has 2 aromatic rings. The van der Waals surface area contributed by atoms with Crippen LogP contribution in [0.3, 0.4) is 0 Å². The van der Waals surface area contributed by atoms with Crippen molar-refractivity contribution in [3.63, 3.8) is 0 Å². The largest absolute Gasteiger partial charge is 0.464 e. The first-order chi connectivity index (χ1) is 9.52. The second-order valence-electron chi connectivity index (χ2n) is 5.67. The summed E-state index contributed by atoms with van der Waals surface area (Å²) in [5, 5.41) is 1.17. The van der Waals surface area contributed by atoms with E-state index in [1.54, 1.807) is 0 Å². The van der Waals surface area contributed by atoms with Crippen LogP contribution in [0.4, 0.5) is 0 Å². The Hall–Kier alpha value is -1.77. The van der Waals surface area contributed by atoms with Crippen LogP contribution in [0.25, 0.3) is 10.9 Å². The predicted octanol–water partition coefficient (Wildman–Crippen LogP) is 3.96. The number of hydrogen-bond donors (Lipinski definition) is 0. The lowest BCUT2D eigenvalue weighted by molar-refractivity contribution is -0.148. The molecule has 0 saturated heterocycles. The number of esters is 1. The fourth-order valence-corrected chi connectivity index (χ4v) is 2.25. The number of hydrogen-bond acceptors (Lipinski definition) is 2. The minimum Gasteiger partial charge on any atom is -0.464 e. The molecule has 1 aromatic heterocycles. The van der Waals surface area contributed by atoms with E-state index in [0.29, 0.717) is 12.5 Å². The number of rotatable bonds is 5. The second-order valence-corrected chi connectivity index (χ2v) is 5.67. The molecule has 3 nitrogen and oxygen atoms in total. The minimum atomic E-state index is -0.293. The van der Waals surface area contributed by atoms with Gasteiger partial charge in [-0.3, -0.25) is 0 Å². The SMILES string of the molecule is CCc1ccc2c(ccn2C(C)C(=O)OCC(C)C)c1. The van der Waals surface area contributed by atoms with Crippen LogP contribution >= 0.6 is 0 Å². The molecule has 0 N–H and O–H groups in total. The molecule has 2 rings (SSSR count). The summed E-state index contributed by atoms with van der Waals surface area (Å²) < 4.78 is 7.31. The quantitative estimate of drug-likeness (QED) is 0.772. The Morgan fingerprint density at radius 1 is 1.25 bits per heavy atom. The fourth-order valence-electron chi connectivity index (χ4n) is 2.25. The number of fused-ring (bicyclic) bond motifs is 1. The van der Waals surface area contributed by atoms with Crippen LogP contribution in [0.2, 0.25) is 0 Å². The first-order valence-corrected chi connectivity index (χ1v) is 7.29. The molecular formula is C17H23NO2. The summed E-state index contributed by atoms with van der Waals surface area (Å²) in [5.41, 5.74) is 2.39. The Morgan fingerprint density at radius 2 is 2.00 bits per heavy atom. The fraction of sp³-hybridized carbons (Fsp3) is 0.471. The van der Waals surface area contributed by atoms with E-state index in [1.165, 1.54) is 10.9 Å². The number of aryl methyl sites for hydroxylation is 1. The van der Waals surface area contributed by atoms with Gasteiger partial charge in [0.2, 0.25) is 0 Å². The van der Waals surface area contributed by atoms with Gasteiger partial charge in [-0.1, -0.05) is 26.8 Å². The van der Waals surface area contributed by atoms with Gasteiger partial charge in [-0.15, -0.1) is 0 Å². The summed E-state index contributed by atoms with van der Waals surface area (Å²) in [4.78, 5) is 12.1. The average molecular weight is 273 g/mol. The molecule has 0 aliphatic rings. The summed E-state index contributed by atoms with van der Waals surface area (Å²) in [6, 6.07) is 8.14. The van der Waals surface area contributed by atoms with Gasteiger partial charge in [-0.2, -0.15) is 0 Å². The van der Waals surface area contributed by atoms with E-state index in [2.05, 4.69) is 31.2 Å². The first kappa shape index (κ1) is 14.6. The standard InChI is InChI=1S/C17H23NO2/c1-5-14-6-7-16-15(10-14)8-9-18(16)13(4)17(19)20-11-12(2)3/h6-10,12-13H,5,11H2,1-4H3. The highest BCUT2D eigenvalue weighted by atomic mass is 16.5. The minimum absolute atomic E-state index is 0.171. The molecule has 1 heterocycles. The highest BCUT2D eigenvalue weighted by Gasteiger charge is 2.18. The summed E-state index contributed by atoms with van der Waals surface area (Å²) in [7, 11) is 0. The third-order valence-electron chi connectivity index (χ3n) is 3.51. The number of carbonyl (C=O) groups is 1. The molecule has 108 valence electrons. The van der Waals surface area contributed by atoms with Crippen molar-refractivity contribution in [3.05, 3.63) is 36.0 Å². The molecule has 0 aliphatic heterocycles. The number of carbonyl (C=O) groups excluding carboxylic acids is 1. The van der Waals surface area contributed by atoms with E-state index >= 15 is 0 Å². The van der Waals surface area contributed by atoms with Crippen molar-refractivity contribution >= 4 is 16.9 Å². The van der Waals surface area contributed by atoms with Crippen LogP contribution in [0, 0.1) is 5.92 Å². The molecule has 0 radical (unpaired) electrons. The van der Waals surface area contributed by atoms with Crippen LogP contribution in [-0.2, 0) is 16.0 Å². The molecule has 0 bridgehead atoms. The van der Waals surface area contributed by atoms with Crippen molar-refractivity contribution in [2.24, 2.45) is 5.92 Å². The molecular weight excluding hydrogens is 250 g/mol. The predicted molar refractivity (Wildman–Crippen MR) is 81.8 cm³/mol. The Morgan fingerprint density at radius 3 is 2.65 bits per heavy atom. The molecule has 3 heteroatoms. The van der Waals surface area contributed by atoms with Crippen molar-refractivity contribution in [2.75, 3.05) is 6.61 Å². The molecule has 0 fully saturated rings. The molecule has 0 aliphatic carbocycles. The van der Waals surface area contributed by atoms with E-state index in [-0.39, 0.29) is 12.0 Å². The van der Waals surface area contributed by atoms with Crippen molar-refractivity contribution in [2.45, 2.75) is 40.2 Å². The topological polar surface area (TPSA) is 31.2 Å². The second kappa shape index (κ2) is 6.12. The van der Waals surface area contributed by atoms with Crippen LogP contribution < -0.4 is 0 Å². The van der Waals surface area contributed by atoms with Gasteiger partial charge in [0, 0.05) is 11.7 Å². The van der Waals surface area contributed by atoms with Gasteiger partial charge in [0.1, 0.15) is 6.04 Å². The molecule has 1 atom stereocenters. The van der Waals surface area contributed by atoms with E-state index in [0.717, 1.165) is 11.9 Å². The molecule has 0 saturated carbocycles. The zero-order valence-corrected chi connectivity index (χ0v) is 12.7. The van der Waals surface area contributed by atoms with Gasteiger partial charge >= 0.3 is 5.97 Å².